The molecule has 6 heteroatoms. The first-order valence-electron chi connectivity index (χ1n) is 7.76. The minimum atomic E-state index is -0.741. The summed E-state index contributed by atoms with van der Waals surface area (Å²) in [5.41, 5.74) is -0.230. The van der Waals surface area contributed by atoms with Crippen molar-refractivity contribution in [3.05, 3.63) is 0 Å². The number of urea groups is 1. The van der Waals surface area contributed by atoms with Crippen LogP contribution in [0.5, 0.6) is 0 Å². The van der Waals surface area contributed by atoms with Crippen molar-refractivity contribution in [2.75, 3.05) is 26.7 Å². The fraction of sp³-hybridized carbons (Fsp3) is 0.867. The van der Waals surface area contributed by atoms with E-state index < -0.39 is 5.97 Å². The van der Waals surface area contributed by atoms with Gasteiger partial charge in [-0.1, -0.05) is 12.8 Å². The summed E-state index contributed by atoms with van der Waals surface area (Å²) >= 11 is 0. The van der Waals surface area contributed by atoms with E-state index >= 15 is 0 Å². The lowest BCUT2D eigenvalue weighted by atomic mass is 9.95. The van der Waals surface area contributed by atoms with Crippen LogP contribution in [0.4, 0.5) is 4.79 Å². The van der Waals surface area contributed by atoms with Gasteiger partial charge in [-0.05, 0) is 32.6 Å². The predicted molar refractivity (Wildman–Crippen MR) is 80.3 cm³/mol. The van der Waals surface area contributed by atoms with Crippen LogP contribution in [0.1, 0.15) is 51.9 Å². The molecule has 1 aliphatic rings. The van der Waals surface area contributed by atoms with Crippen molar-refractivity contribution in [1.82, 2.24) is 10.2 Å². The third kappa shape index (κ3) is 6.80. The molecule has 1 atom stereocenters. The average molecular weight is 300 g/mol. The number of hydrogen-bond acceptors (Lipinski definition) is 3. The monoisotopic (exact) mass is 300 g/mol. The van der Waals surface area contributed by atoms with Crippen LogP contribution >= 0.6 is 0 Å². The molecule has 0 radical (unpaired) electrons. The molecule has 1 fully saturated rings. The third-order valence-electron chi connectivity index (χ3n) is 4.03. The Kier molecular flexibility index (Phi) is 7.50. The molecule has 122 valence electrons. The van der Waals surface area contributed by atoms with Gasteiger partial charge >= 0.3 is 12.0 Å². The van der Waals surface area contributed by atoms with Gasteiger partial charge in [0.2, 0.25) is 0 Å². The Hall–Kier alpha value is -1.30. The van der Waals surface area contributed by atoms with Crippen molar-refractivity contribution in [1.29, 1.82) is 0 Å². The fourth-order valence-corrected chi connectivity index (χ4v) is 2.61. The third-order valence-corrected chi connectivity index (χ3v) is 4.03. The average Bonchev–Trinajstić information content (AvgIpc) is 2.45. The van der Waals surface area contributed by atoms with Gasteiger partial charge in [0.25, 0.3) is 0 Å². The van der Waals surface area contributed by atoms with Crippen LogP contribution in [0.3, 0.4) is 0 Å². The number of aliphatic carboxylic acids is 1. The van der Waals surface area contributed by atoms with Gasteiger partial charge in [-0.2, -0.15) is 0 Å². The lowest BCUT2D eigenvalue weighted by Crippen LogP contribution is -2.52. The Morgan fingerprint density at radius 3 is 2.67 bits per heavy atom. The number of amides is 2. The summed E-state index contributed by atoms with van der Waals surface area (Å²) in [6, 6.07) is -0.0245. The Balaban J connectivity index is 2.12. The van der Waals surface area contributed by atoms with Crippen molar-refractivity contribution in [3.63, 3.8) is 0 Å². The quantitative estimate of drug-likeness (QED) is 0.674. The Morgan fingerprint density at radius 2 is 2.00 bits per heavy atom. The zero-order chi connectivity index (χ0) is 15.7. The summed E-state index contributed by atoms with van der Waals surface area (Å²) < 4.78 is 5.48. The molecule has 0 saturated carbocycles. The number of carbonyl (C=O) groups is 2. The number of methoxy groups -OCH3 is 1. The molecule has 0 bridgehead atoms. The van der Waals surface area contributed by atoms with Crippen molar-refractivity contribution < 1.29 is 19.4 Å². The minimum absolute atomic E-state index is 0.0245. The Labute approximate surface area is 126 Å². The molecule has 21 heavy (non-hydrogen) atoms. The van der Waals surface area contributed by atoms with Gasteiger partial charge in [-0.3, -0.25) is 4.79 Å². The van der Waals surface area contributed by atoms with Gasteiger partial charge in [-0.25, -0.2) is 4.79 Å². The first-order valence-corrected chi connectivity index (χ1v) is 7.76. The number of carboxylic acid groups (broad SMARTS) is 1. The highest BCUT2D eigenvalue weighted by Gasteiger charge is 2.32. The molecule has 0 aliphatic carbocycles. The van der Waals surface area contributed by atoms with Crippen molar-refractivity contribution >= 4 is 12.0 Å². The predicted octanol–water partition coefficient (Wildman–Crippen LogP) is 2.23. The van der Waals surface area contributed by atoms with Crippen LogP contribution in [-0.4, -0.2) is 54.4 Å². The maximum atomic E-state index is 12.1. The van der Waals surface area contributed by atoms with Crippen LogP contribution in [0.2, 0.25) is 0 Å². The van der Waals surface area contributed by atoms with E-state index in [0.717, 1.165) is 38.6 Å². The standard InChI is InChI=1S/C15H28N2O4/c1-15(21-2)9-7-11-17(12-15)14(20)16-10-6-4-3-5-8-13(18)19/h3-12H2,1-2H3,(H,16,20)(H,18,19). The summed E-state index contributed by atoms with van der Waals surface area (Å²) in [6.45, 7) is 4.10. The number of carbonyl (C=O) groups excluding carboxylic acids is 1. The number of carboxylic acids is 1. The maximum Gasteiger partial charge on any atom is 0.317 e. The number of rotatable bonds is 8. The van der Waals surface area contributed by atoms with Gasteiger partial charge in [0, 0.05) is 26.6 Å². The second-order valence-electron chi connectivity index (χ2n) is 5.97. The molecule has 1 rings (SSSR count). The van der Waals surface area contributed by atoms with Crippen LogP contribution in [-0.2, 0) is 9.53 Å². The van der Waals surface area contributed by atoms with Crippen molar-refractivity contribution in [2.24, 2.45) is 0 Å². The van der Waals surface area contributed by atoms with Gasteiger partial charge in [-0.15, -0.1) is 0 Å². The van der Waals surface area contributed by atoms with Crippen molar-refractivity contribution in [2.45, 2.75) is 57.5 Å². The normalized spacial score (nSPS) is 22.1. The van der Waals surface area contributed by atoms with Gasteiger partial charge < -0.3 is 20.1 Å². The molecule has 0 aromatic rings. The molecule has 1 unspecified atom stereocenters. The molecular formula is C15H28N2O4. The second-order valence-corrected chi connectivity index (χ2v) is 5.97. The minimum Gasteiger partial charge on any atom is -0.481 e. The van der Waals surface area contributed by atoms with Crippen molar-refractivity contribution in [3.8, 4) is 0 Å². The van der Waals surface area contributed by atoms with Crippen LogP contribution in [0.15, 0.2) is 0 Å². The highest BCUT2D eigenvalue weighted by Crippen LogP contribution is 2.23. The Morgan fingerprint density at radius 1 is 1.29 bits per heavy atom. The lowest BCUT2D eigenvalue weighted by Gasteiger charge is -2.39. The molecule has 0 aromatic carbocycles. The first kappa shape index (κ1) is 17.8. The largest absolute Gasteiger partial charge is 0.481 e. The molecular weight excluding hydrogens is 272 g/mol. The lowest BCUT2D eigenvalue weighted by molar-refractivity contribution is -0.137. The van der Waals surface area contributed by atoms with E-state index in [1.807, 2.05) is 11.8 Å². The second kappa shape index (κ2) is 8.87. The zero-order valence-corrected chi connectivity index (χ0v) is 13.2. The van der Waals surface area contributed by atoms with Gasteiger partial charge in [0.15, 0.2) is 0 Å². The number of ether oxygens (including phenoxy) is 1. The molecule has 1 aliphatic heterocycles. The van der Waals surface area contributed by atoms with Crippen LogP contribution in [0, 0.1) is 0 Å². The zero-order valence-electron chi connectivity index (χ0n) is 13.2. The Bertz CT molecular complexity index is 349. The van der Waals surface area contributed by atoms with Gasteiger partial charge in [0.1, 0.15) is 0 Å². The van der Waals surface area contributed by atoms with Crippen LogP contribution in [0.25, 0.3) is 0 Å². The number of hydrogen-bond donors (Lipinski definition) is 2. The van der Waals surface area contributed by atoms with E-state index in [-0.39, 0.29) is 18.1 Å². The topological polar surface area (TPSA) is 78.9 Å². The molecule has 6 nitrogen and oxygen atoms in total. The maximum absolute atomic E-state index is 12.1. The number of nitrogens with zero attached hydrogens (tertiary/aromatic N) is 1. The van der Waals surface area contributed by atoms with E-state index in [1.165, 1.54) is 0 Å². The first-order chi connectivity index (χ1) is 9.97. The molecule has 1 saturated heterocycles. The molecule has 2 N–H and O–H groups in total. The number of nitrogens with one attached hydrogen (secondary N) is 1. The fourth-order valence-electron chi connectivity index (χ4n) is 2.61. The van der Waals surface area contributed by atoms with E-state index in [1.54, 1.807) is 7.11 Å². The summed E-state index contributed by atoms with van der Waals surface area (Å²) in [6.07, 6.45) is 5.62. The summed E-state index contributed by atoms with van der Waals surface area (Å²) in [7, 11) is 1.69. The SMILES string of the molecule is COC1(C)CCCN(C(=O)NCCCCCCC(=O)O)C1. The number of unbranched alkanes of at least 4 members (excludes halogenated alkanes) is 3. The summed E-state index contributed by atoms with van der Waals surface area (Å²) in [5.74, 6) is -0.741. The van der Waals surface area contributed by atoms with E-state index in [9.17, 15) is 9.59 Å². The number of piperidine rings is 1. The summed E-state index contributed by atoms with van der Waals surface area (Å²) in [4.78, 5) is 24.2. The summed E-state index contributed by atoms with van der Waals surface area (Å²) in [5, 5.41) is 11.5. The highest BCUT2D eigenvalue weighted by molar-refractivity contribution is 5.74. The van der Waals surface area contributed by atoms with E-state index in [2.05, 4.69) is 5.32 Å². The molecule has 1 heterocycles. The number of likely N-dealkylation sites (tertiary alicyclic amines) is 1. The van der Waals surface area contributed by atoms with E-state index in [0.29, 0.717) is 19.5 Å². The molecule has 0 spiro atoms. The smallest absolute Gasteiger partial charge is 0.317 e. The molecule has 0 aromatic heterocycles. The van der Waals surface area contributed by atoms with E-state index in [4.69, 9.17) is 9.84 Å². The van der Waals surface area contributed by atoms with Crippen LogP contribution < -0.4 is 5.32 Å². The molecule has 2 amide bonds. The van der Waals surface area contributed by atoms with Gasteiger partial charge in [0.05, 0.1) is 12.1 Å². The highest BCUT2D eigenvalue weighted by atomic mass is 16.5.